The van der Waals surface area contributed by atoms with Gasteiger partial charge in [-0.2, -0.15) is 0 Å². The maximum Gasteiger partial charge on any atom is 0.417 e. The smallest absolute Gasteiger partial charge is 0.417 e. The Kier molecular flexibility index (Phi) is 5.77. The summed E-state index contributed by atoms with van der Waals surface area (Å²) >= 11 is 0. The molecule has 0 aliphatic rings. The monoisotopic (exact) mass is 171 g/mol. The summed E-state index contributed by atoms with van der Waals surface area (Å²) in [4.78, 5) is 9.67. The van der Waals surface area contributed by atoms with E-state index >= 15 is 0 Å². The minimum Gasteiger partial charge on any atom is -0.457 e. The first-order valence-electron chi connectivity index (χ1n) is 4.61. The Morgan fingerprint density at radius 3 is 2.50 bits per heavy atom. The van der Waals surface area contributed by atoms with Crippen LogP contribution >= 0.6 is 0 Å². The molecule has 2 heteroatoms. The van der Waals surface area contributed by atoms with Gasteiger partial charge < -0.3 is 4.74 Å². The highest BCUT2D eigenvalue weighted by atomic mass is 16.5. The van der Waals surface area contributed by atoms with Crippen LogP contribution < -0.4 is 0 Å². The molecule has 0 saturated carbocycles. The fraction of sp³-hybridized carbons (Fsp3) is 0.900. The van der Waals surface area contributed by atoms with E-state index in [2.05, 4.69) is 25.5 Å². The third-order valence-electron chi connectivity index (χ3n) is 2.37. The highest BCUT2D eigenvalue weighted by Gasteiger charge is 2.13. The standard InChI is InChI=1S/C10H19O2/c1-4-10(2,3)7-5-6-8-12-9-11/h4-8H2,1-3H3. The van der Waals surface area contributed by atoms with Gasteiger partial charge in [-0.05, 0) is 24.7 Å². The predicted molar refractivity (Wildman–Crippen MR) is 49.6 cm³/mol. The number of ether oxygens (including phenoxy) is 1. The molecule has 0 heterocycles. The summed E-state index contributed by atoms with van der Waals surface area (Å²) in [6, 6.07) is 0. The van der Waals surface area contributed by atoms with Gasteiger partial charge >= 0.3 is 6.47 Å². The van der Waals surface area contributed by atoms with E-state index in [1.54, 1.807) is 0 Å². The van der Waals surface area contributed by atoms with Crippen molar-refractivity contribution in [2.75, 3.05) is 6.61 Å². The van der Waals surface area contributed by atoms with Gasteiger partial charge in [0.25, 0.3) is 0 Å². The SMILES string of the molecule is CCC(C)(C)CCCCO[C]=O. The molecular formula is C10H19O2. The lowest BCUT2D eigenvalue weighted by Gasteiger charge is -2.21. The summed E-state index contributed by atoms with van der Waals surface area (Å²) in [6.07, 6.45) is 4.49. The van der Waals surface area contributed by atoms with E-state index in [0.717, 1.165) is 12.8 Å². The zero-order valence-electron chi connectivity index (χ0n) is 8.35. The Morgan fingerprint density at radius 1 is 1.33 bits per heavy atom. The second kappa shape index (κ2) is 6.04. The third kappa shape index (κ3) is 6.20. The number of unbranched alkanes of at least 4 members (excludes halogenated alkanes) is 1. The fourth-order valence-corrected chi connectivity index (χ4v) is 0.996. The van der Waals surface area contributed by atoms with Gasteiger partial charge in [0.2, 0.25) is 0 Å². The van der Waals surface area contributed by atoms with Crippen LogP contribution in [0.1, 0.15) is 46.5 Å². The molecular weight excluding hydrogens is 152 g/mol. The number of carbonyl (C=O) groups excluding carboxylic acids is 1. The molecule has 0 spiro atoms. The van der Waals surface area contributed by atoms with Gasteiger partial charge in [0.1, 0.15) is 0 Å². The van der Waals surface area contributed by atoms with Gasteiger partial charge in [0.05, 0.1) is 6.61 Å². The summed E-state index contributed by atoms with van der Waals surface area (Å²) in [5.41, 5.74) is 0.435. The highest BCUT2D eigenvalue weighted by Crippen LogP contribution is 2.26. The van der Waals surface area contributed by atoms with Gasteiger partial charge in [-0.1, -0.05) is 27.2 Å². The van der Waals surface area contributed by atoms with Crippen LogP contribution in [0.3, 0.4) is 0 Å². The minimum absolute atomic E-state index is 0.435. The highest BCUT2D eigenvalue weighted by molar-refractivity contribution is 5.37. The van der Waals surface area contributed by atoms with Crippen molar-refractivity contribution < 1.29 is 9.53 Å². The van der Waals surface area contributed by atoms with Crippen molar-refractivity contribution in [3.05, 3.63) is 0 Å². The van der Waals surface area contributed by atoms with E-state index in [4.69, 9.17) is 0 Å². The molecule has 0 aromatic carbocycles. The first-order chi connectivity index (χ1) is 5.62. The van der Waals surface area contributed by atoms with Gasteiger partial charge in [0.15, 0.2) is 0 Å². The maximum absolute atomic E-state index is 9.67. The van der Waals surface area contributed by atoms with Gasteiger partial charge in [-0.25, -0.2) is 4.79 Å². The second-order valence-corrected chi connectivity index (χ2v) is 3.91. The average Bonchev–Trinajstić information content (AvgIpc) is 2.04. The van der Waals surface area contributed by atoms with Crippen molar-refractivity contribution in [1.82, 2.24) is 0 Å². The fourth-order valence-electron chi connectivity index (χ4n) is 0.996. The van der Waals surface area contributed by atoms with Crippen molar-refractivity contribution in [1.29, 1.82) is 0 Å². The molecule has 1 radical (unpaired) electrons. The number of rotatable bonds is 7. The van der Waals surface area contributed by atoms with Crippen molar-refractivity contribution in [3.63, 3.8) is 0 Å². The molecule has 0 amide bonds. The minimum atomic E-state index is 0.435. The first-order valence-corrected chi connectivity index (χ1v) is 4.61. The van der Waals surface area contributed by atoms with Crippen LogP contribution in [0.15, 0.2) is 0 Å². The second-order valence-electron chi connectivity index (χ2n) is 3.91. The van der Waals surface area contributed by atoms with Crippen molar-refractivity contribution in [3.8, 4) is 0 Å². The first kappa shape index (κ1) is 11.5. The summed E-state index contributed by atoms with van der Waals surface area (Å²) in [5, 5.41) is 0. The van der Waals surface area contributed by atoms with E-state index in [1.165, 1.54) is 19.3 Å². The third-order valence-corrected chi connectivity index (χ3v) is 2.37. The summed E-state index contributed by atoms with van der Waals surface area (Å²) in [5.74, 6) is 0. The average molecular weight is 171 g/mol. The normalized spacial score (nSPS) is 11.2. The van der Waals surface area contributed by atoms with Crippen molar-refractivity contribution >= 4 is 6.47 Å². The van der Waals surface area contributed by atoms with E-state index in [9.17, 15) is 4.79 Å². The maximum atomic E-state index is 9.67. The van der Waals surface area contributed by atoms with Crippen LogP contribution in [0.25, 0.3) is 0 Å². The largest absolute Gasteiger partial charge is 0.457 e. The molecule has 0 aromatic heterocycles. The molecule has 0 N–H and O–H groups in total. The Labute approximate surface area is 75.3 Å². The number of hydrogen-bond acceptors (Lipinski definition) is 2. The molecule has 12 heavy (non-hydrogen) atoms. The summed E-state index contributed by atoms with van der Waals surface area (Å²) in [6.45, 7) is 8.68. The Hall–Kier alpha value is -0.530. The van der Waals surface area contributed by atoms with Crippen molar-refractivity contribution in [2.45, 2.75) is 46.5 Å². The van der Waals surface area contributed by atoms with E-state index in [0.29, 0.717) is 12.0 Å². The van der Waals surface area contributed by atoms with Crippen LogP contribution in [0, 0.1) is 5.41 Å². The molecule has 0 unspecified atom stereocenters. The molecule has 0 aliphatic carbocycles. The lowest BCUT2D eigenvalue weighted by Crippen LogP contribution is -2.09. The Morgan fingerprint density at radius 2 is 2.00 bits per heavy atom. The summed E-state index contributed by atoms with van der Waals surface area (Å²) < 4.78 is 4.48. The van der Waals surface area contributed by atoms with Gasteiger partial charge in [-0.15, -0.1) is 0 Å². The van der Waals surface area contributed by atoms with Crippen LogP contribution in [-0.2, 0) is 9.53 Å². The molecule has 0 rings (SSSR count). The van der Waals surface area contributed by atoms with Crippen molar-refractivity contribution in [2.24, 2.45) is 5.41 Å². The molecule has 0 aromatic rings. The quantitative estimate of drug-likeness (QED) is 0.550. The molecule has 0 saturated heterocycles. The van der Waals surface area contributed by atoms with Gasteiger partial charge in [-0.3, -0.25) is 0 Å². The zero-order valence-corrected chi connectivity index (χ0v) is 8.35. The molecule has 71 valence electrons. The molecule has 2 nitrogen and oxygen atoms in total. The topological polar surface area (TPSA) is 26.3 Å². The van der Waals surface area contributed by atoms with Crippen LogP contribution in [0.5, 0.6) is 0 Å². The Balaban J connectivity index is 3.24. The zero-order chi connectivity index (χ0) is 9.45. The van der Waals surface area contributed by atoms with E-state index in [1.807, 2.05) is 0 Å². The van der Waals surface area contributed by atoms with Crippen LogP contribution in [0.2, 0.25) is 0 Å². The van der Waals surface area contributed by atoms with Crippen LogP contribution in [0.4, 0.5) is 0 Å². The van der Waals surface area contributed by atoms with Crippen LogP contribution in [-0.4, -0.2) is 13.1 Å². The predicted octanol–water partition coefficient (Wildman–Crippen LogP) is 2.68. The number of hydrogen-bond donors (Lipinski definition) is 0. The lowest BCUT2D eigenvalue weighted by atomic mass is 9.85. The lowest BCUT2D eigenvalue weighted by molar-refractivity contribution is 0.250. The Bertz CT molecular complexity index is 119. The molecule has 0 atom stereocenters. The molecule has 0 bridgehead atoms. The molecule has 0 fully saturated rings. The van der Waals surface area contributed by atoms with E-state index < -0.39 is 0 Å². The summed E-state index contributed by atoms with van der Waals surface area (Å²) in [7, 11) is 0. The van der Waals surface area contributed by atoms with Gasteiger partial charge in [0, 0.05) is 0 Å². The van der Waals surface area contributed by atoms with E-state index in [-0.39, 0.29) is 0 Å². The molecule has 0 aliphatic heterocycles.